The van der Waals surface area contributed by atoms with Gasteiger partial charge in [-0.1, -0.05) is 24.4 Å². The predicted molar refractivity (Wildman–Crippen MR) is 31.9 cm³/mol. The summed E-state index contributed by atoms with van der Waals surface area (Å²) in [6.45, 7) is 0. The van der Waals surface area contributed by atoms with E-state index in [2.05, 4.69) is 24.4 Å². The minimum atomic E-state index is 0. The van der Waals surface area contributed by atoms with Gasteiger partial charge in [-0.15, -0.1) is 0 Å². The van der Waals surface area contributed by atoms with E-state index in [0.717, 1.165) is 0 Å². The van der Waals surface area contributed by atoms with Crippen LogP contribution in [0.3, 0.4) is 0 Å². The molecule has 0 N–H and O–H groups in total. The summed E-state index contributed by atoms with van der Waals surface area (Å²) < 4.78 is 0. The topological polar surface area (TPSA) is 44.6 Å². The number of thiocarbonyl (C=S) groups is 2. The zero-order chi connectivity index (χ0) is 5.41. The second-order valence-electron chi connectivity index (χ2n) is 0.183. The van der Waals surface area contributed by atoms with Crippen LogP contribution in [-0.4, -0.2) is 10.3 Å². The predicted octanol–water partition coefficient (Wildman–Crippen LogP) is 1.31. The maximum atomic E-state index is 7.13. The van der Waals surface area contributed by atoms with Crippen LogP contribution in [0.4, 0.5) is 0 Å². The molecule has 0 unspecified atom stereocenters. The van der Waals surface area contributed by atoms with E-state index in [1.807, 2.05) is 0 Å². The van der Waals surface area contributed by atoms with Crippen LogP contribution in [0, 0.1) is 0 Å². The Morgan fingerprint density at radius 3 is 1.00 bits per heavy atom. The molecule has 37 valence electrons. The Balaban J connectivity index is -0.0000000400. The van der Waals surface area contributed by atoms with Gasteiger partial charge < -0.3 is 10.8 Å². The van der Waals surface area contributed by atoms with E-state index in [-0.39, 0.29) is 17.1 Å². The standard InChI is InChI=1S/2CNS.Mn/c2*2-1-3;/q2*-1;+2. The zero-order valence-corrected chi connectivity index (χ0v) is 5.90. The van der Waals surface area contributed by atoms with Crippen molar-refractivity contribution in [3.63, 3.8) is 0 Å². The monoisotopic (exact) mass is 171 g/mol. The van der Waals surface area contributed by atoms with Gasteiger partial charge in [0.25, 0.3) is 0 Å². The van der Waals surface area contributed by atoms with Gasteiger partial charge in [0.05, 0.1) is 0 Å². The first-order valence-corrected chi connectivity index (χ1v) is 1.67. The molecule has 0 bridgehead atoms. The summed E-state index contributed by atoms with van der Waals surface area (Å²) in [7, 11) is 0. The fourth-order valence-electron chi connectivity index (χ4n) is 0. The van der Waals surface area contributed by atoms with E-state index in [1.165, 1.54) is 10.3 Å². The van der Waals surface area contributed by atoms with E-state index in [1.54, 1.807) is 0 Å². The van der Waals surface area contributed by atoms with Crippen LogP contribution >= 0.6 is 24.4 Å². The van der Waals surface area contributed by atoms with E-state index in [9.17, 15) is 0 Å². The van der Waals surface area contributed by atoms with Crippen molar-refractivity contribution >= 4 is 34.8 Å². The number of hydrogen-bond acceptors (Lipinski definition) is 2. The second kappa shape index (κ2) is 35.7. The molecule has 0 aromatic carbocycles. The Labute approximate surface area is 62.8 Å². The fraction of sp³-hybridized carbons (Fsp3) is 0. The molecule has 0 amide bonds. The van der Waals surface area contributed by atoms with E-state index in [0.29, 0.717) is 0 Å². The number of rotatable bonds is 0. The van der Waals surface area contributed by atoms with Gasteiger partial charge in [-0.3, -0.25) is 0 Å². The average Bonchev–Trinajstić information content (AvgIpc) is 1.39. The summed E-state index contributed by atoms with van der Waals surface area (Å²) in [5, 5.41) is 16.9. The quantitative estimate of drug-likeness (QED) is 0.313. The van der Waals surface area contributed by atoms with E-state index < -0.39 is 0 Å². The summed E-state index contributed by atoms with van der Waals surface area (Å²) >= 11 is 7.40. The molecule has 7 heavy (non-hydrogen) atoms. The van der Waals surface area contributed by atoms with Gasteiger partial charge in [0, 0.05) is 0 Å². The van der Waals surface area contributed by atoms with Crippen LogP contribution in [0.2, 0.25) is 0 Å². The number of hydrogen-bond donors (Lipinski definition) is 0. The number of nitrogens with zero attached hydrogens (tertiary/aromatic N) is 2. The minimum Gasteiger partial charge on any atom is -0.753 e. The second-order valence-corrected chi connectivity index (χ2v) is 0.548. The van der Waals surface area contributed by atoms with Crippen molar-refractivity contribution in [3.05, 3.63) is 10.8 Å². The Morgan fingerprint density at radius 1 is 1.00 bits per heavy atom. The molecule has 0 atom stereocenters. The van der Waals surface area contributed by atoms with Gasteiger partial charge in [0.1, 0.15) is 0 Å². The van der Waals surface area contributed by atoms with Crippen LogP contribution in [-0.2, 0) is 17.1 Å². The Kier molecular flexibility index (Phi) is 80.1. The number of isothiocyanates is 2. The van der Waals surface area contributed by atoms with Gasteiger partial charge in [-0.05, 0) is 0 Å². The van der Waals surface area contributed by atoms with Gasteiger partial charge in [-0.2, -0.15) is 10.3 Å². The van der Waals surface area contributed by atoms with Crippen molar-refractivity contribution < 1.29 is 17.1 Å². The molecular formula is C2MnN2S2. The van der Waals surface area contributed by atoms with Crippen LogP contribution in [0.1, 0.15) is 0 Å². The first-order chi connectivity index (χ1) is 2.83. The molecule has 0 rings (SSSR count). The average molecular weight is 171 g/mol. The van der Waals surface area contributed by atoms with Crippen molar-refractivity contribution in [2.75, 3.05) is 0 Å². The molecule has 0 aromatic rings. The molecule has 0 aliphatic carbocycles. The van der Waals surface area contributed by atoms with E-state index in [4.69, 9.17) is 10.8 Å². The van der Waals surface area contributed by atoms with Crippen molar-refractivity contribution in [1.29, 1.82) is 0 Å². The molecule has 0 aromatic heterocycles. The Hall–Kier alpha value is 0.119. The summed E-state index contributed by atoms with van der Waals surface area (Å²) in [4.78, 5) is 0. The smallest absolute Gasteiger partial charge is 0.753 e. The zero-order valence-electron chi connectivity index (χ0n) is 3.09. The normalized spacial score (nSPS) is 2.29. The van der Waals surface area contributed by atoms with Crippen LogP contribution < -0.4 is 0 Å². The molecule has 0 saturated heterocycles. The molecule has 5 heteroatoms. The molecule has 2 nitrogen and oxygen atoms in total. The summed E-state index contributed by atoms with van der Waals surface area (Å²) in [6, 6.07) is 0. The first kappa shape index (κ1) is 15.7. The summed E-state index contributed by atoms with van der Waals surface area (Å²) in [5.74, 6) is 0. The maximum absolute atomic E-state index is 7.13. The molecule has 0 spiro atoms. The molecule has 0 fully saturated rings. The largest absolute Gasteiger partial charge is 2.00 e. The van der Waals surface area contributed by atoms with Crippen molar-refractivity contribution in [1.82, 2.24) is 0 Å². The van der Waals surface area contributed by atoms with Crippen LogP contribution in [0.25, 0.3) is 10.8 Å². The van der Waals surface area contributed by atoms with Crippen molar-refractivity contribution in [2.45, 2.75) is 0 Å². The Morgan fingerprint density at radius 2 is 1.00 bits per heavy atom. The van der Waals surface area contributed by atoms with Gasteiger partial charge in [0.2, 0.25) is 0 Å². The third-order valence-corrected chi connectivity index (χ3v) is 0. The molecular weight excluding hydrogens is 171 g/mol. The molecule has 0 saturated carbocycles. The SMILES string of the molecule is [Mn+2].[N-]=C=S.[N-]=C=S. The fourth-order valence-corrected chi connectivity index (χ4v) is 0. The van der Waals surface area contributed by atoms with E-state index >= 15 is 0 Å². The van der Waals surface area contributed by atoms with Crippen molar-refractivity contribution in [2.24, 2.45) is 0 Å². The van der Waals surface area contributed by atoms with Crippen LogP contribution in [0.15, 0.2) is 0 Å². The summed E-state index contributed by atoms with van der Waals surface area (Å²) in [5.41, 5.74) is 0. The van der Waals surface area contributed by atoms with Gasteiger partial charge >= 0.3 is 17.1 Å². The van der Waals surface area contributed by atoms with Gasteiger partial charge in [0.15, 0.2) is 0 Å². The van der Waals surface area contributed by atoms with Gasteiger partial charge in [-0.25, -0.2) is 0 Å². The molecule has 0 aliphatic rings. The van der Waals surface area contributed by atoms with Crippen molar-refractivity contribution in [3.8, 4) is 0 Å². The minimum absolute atomic E-state index is 0. The maximum Gasteiger partial charge on any atom is 2.00 e. The Bertz CT molecular complexity index is 67.7. The van der Waals surface area contributed by atoms with Crippen LogP contribution in [0.5, 0.6) is 0 Å². The third-order valence-electron chi connectivity index (χ3n) is 0. The third kappa shape index (κ3) is 7270. The molecule has 0 aliphatic heterocycles. The molecule has 1 radical (unpaired) electrons. The summed E-state index contributed by atoms with van der Waals surface area (Å²) in [6.07, 6.45) is 0. The first-order valence-electron chi connectivity index (χ1n) is 0.855. The molecule has 0 heterocycles.